The molecule has 0 aliphatic carbocycles. The summed E-state index contributed by atoms with van der Waals surface area (Å²) in [5.41, 5.74) is 4.65. The summed E-state index contributed by atoms with van der Waals surface area (Å²) in [6.07, 6.45) is 2.43. The Morgan fingerprint density at radius 1 is 1.17 bits per heavy atom. The second-order valence-electron chi connectivity index (χ2n) is 5.54. The van der Waals surface area contributed by atoms with Gasteiger partial charge in [0.15, 0.2) is 5.89 Å². The van der Waals surface area contributed by atoms with Crippen molar-refractivity contribution in [3.8, 4) is 17.3 Å². The van der Waals surface area contributed by atoms with Crippen LogP contribution in [0.5, 0.6) is 0 Å². The number of hydrogen-bond donors (Lipinski definition) is 0. The molecule has 0 N–H and O–H groups in total. The number of aromatic nitrogens is 2. The van der Waals surface area contributed by atoms with E-state index < -0.39 is 0 Å². The molecule has 3 heterocycles. The van der Waals surface area contributed by atoms with Crippen molar-refractivity contribution < 1.29 is 4.42 Å². The number of aryl methyl sites for hydroxylation is 1. The minimum atomic E-state index is 0.467. The molecule has 0 atom stereocenters. The summed E-state index contributed by atoms with van der Waals surface area (Å²) < 4.78 is 5.26. The normalized spacial score (nSPS) is 10.8. The van der Waals surface area contributed by atoms with Crippen molar-refractivity contribution >= 4 is 21.6 Å². The number of thiophene rings is 1. The molecule has 0 saturated heterocycles. The smallest absolute Gasteiger partial charge is 0.191 e. The van der Waals surface area contributed by atoms with E-state index in [1.807, 2.05) is 30.5 Å². The highest BCUT2D eigenvalue weighted by Gasteiger charge is 2.09. The highest BCUT2D eigenvalue weighted by atomic mass is 32.1. The first-order valence-corrected chi connectivity index (χ1v) is 8.39. The summed E-state index contributed by atoms with van der Waals surface area (Å²) in [7, 11) is 0. The van der Waals surface area contributed by atoms with E-state index >= 15 is 0 Å². The van der Waals surface area contributed by atoms with Crippen molar-refractivity contribution in [3.05, 3.63) is 70.8 Å². The number of rotatable bonds is 3. The fourth-order valence-corrected chi connectivity index (χ4v) is 3.54. The van der Waals surface area contributed by atoms with Crippen LogP contribution >= 0.6 is 11.3 Å². The van der Waals surface area contributed by atoms with Gasteiger partial charge in [-0.05, 0) is 35.1 Å². The third kappa shape index (κ3) is 2.68. The van der Waals surface area contributed by atoms with Gasteiger partial charge in [-0.1, -0.05) is 24.3 Å². The van der Waals surface area contributed by atoms with Crippen LogP contribution in [-0.2, 0) is 6.42 Å². The second-order valence-corrected chi connectivity index (χ2v) is 6.44. The predicted molar refractivity (Wildman–Crippen MR) is 93.8 cm³/mol. The van der Waals surface area contributed by atoms with E-state index in [1.165, 1.54) is 5.56 Å². The Kier molecular flexibility index (Phi) is 3.60. The van der Waals surface area contributed by atoms with Crippen LogP contribution in [-0.4, -0.2) is 9.97 Å². The van der Waals surface area contributed by atoms with Gasteiger partial charge in [-0.15, -0.1) is 11.3 Å². The van der Waals surface area contributed by atoms with E-state index in [0.717, 1.165) is 33.5 Å². The molecule has 3 aromatic heterocycles. The van der Waals surface area contributed by atoms with Gasteiger partial charge >= 0.3 is 0 Å². The molecule has 0 aliphatic heterocycles. The standard InChI is InChI=1S/C19H13N3OS/c1-12-21-18(11-23-12)14-4-2-13(3-5-14)8-15-9-16(10-20)22-19-17(15)6-7-24-19/h2-7,9,11H,8H2,1H3. The maximum atomic E-state index is 9.17. The zero-order valence-corrected chi connectivity index (χ0v) is 13.8. The monoisotopic (exact) mass is 331 g/mol. The first-order chi connectivity index (χ1) is 11.7. The van der Waals surface area contributed by atoms with Crippen molar-refractivity contribution in [1.29, 1.82) is 5.26 Å². The van der Waals surface area contributed by atoms with E-state index in [2.05, 4.69) is 34.2 Å². The van der Waals surface area contributed by atoms with E-state index in [-0.39, 0.29) is 0 Å². The molecule has 4 rings (SSSR count). The largest absolute Gasteiger partial charge is 0.449 e. The summed E-state index contributed by atoms with van der Waals surface area (Å²) in [5.74, 6) is 0.662. The van der Waals surface area contributed by atoms with Gasteiger partial charge in [-0.3, -0.25) is 0 Å². The third-order valence-electron chi connectivity index (χ3n) is 3.90. The Hall–Kier alpha value is -2.97. The van der Waals surface area contributed by atoms with Crippen LogP contribution < -0.4 is 0 Å². The summed E-state index contributed by atoms with van der Waals surface area (Å²) >= 11 is 1.56. The lowest BCUT2D eigenvalue weighted by Crippen LogP contribution is -1.93. The molecule has 5 heteroatoms. The van der Waals surface area contributed by atoms with Crippen LogP contribution in [0.25, 0.3) is 21.5 Å². The van der Waals surface area contributed by atoms with Crippen molar-refractivity contribution in [3.63, 3.8) is 0 Å². The Morgan fingerprint density at radius 2 is 2.00 bits per heavy atom. The molecule has 0 fully saturated rings. The Bertz CT molecular complexity index is 1050. The lowest BCUT2D eigenvalue weighted by atomic mass is 10.0. The Balaban J connectivity index is 1.66. The molecule has 24 heavy (non-hydrogen) atoms. The quantitative estimate of drug-likeness (QED) is 0.545. The number of fused-ring (bicyclic) bond motifs is 1. The Morgan fingerprint density at radius 3 is 2.71 bits per heavy atom. The fourth-order valence-electron chi connectivity index (χ4n) is 2.73. The topological polar surface area (TPSA) is 62.7 Å². The minimum Gasteiger partial charge on any atom is -0.449 e. The fraction of sp³-hybridized carbons (Fsp3) is 0.105. The molecule has 0 saturated carbocycles. The first-order valence-electron chi connectivity index (χ1n) is 7.51. The molecular formula is C19H13N3OS. The molecule has 1 aromatic carbocycles. The molecule has 4 nitrogen and oxygen atoms in total. The third-order valence-corrected chi connectivity index (χ3v) is 4.71. The van der Waals surface area contributed by atoms with Gasteiger partial charge in [0.25, 0.3) is 0 Å². The average molecular weight is 331 g/mol. The maximum absolute atomic E-state index is 9.17. The SMILES string of the molecule is Cc1nc(-c2ccc(Cc3cc(C#N)nc4sccc34)cc2)co1. The molecule has 0 spiro atoms. The first kappa shape index (κ1) is 14.6. The summed E-state index contributed by atoms with van der Waals surface area (Å²) in [6.45, 7) is 1.83. The van der Waals surface area contributed by atoms with Crippen LogP contribution in [0.2, 0.25) is 0 Å². The van der Waals surface area contributed by atoms with E-state index in [4.69, 9.17) is 9.68 Å². The number of nitriles is 1. The van der Waals surface area contributed by atoms with Gasteiger partial charge in [0.2, 0.25) is 0 Å². The van der Waals surface area contributed by atoms with Crippen molar-refractivity contribution in [1.82, 2.24) is 9.97 Å². The summed E-state index contributed by atoms with van der Waals surface area (Å²) in [4.78, 5) is 9.61. The highest BCUT2D eigenvalue weighted by Crippen LogP contribution is 2.26. The van der Waals surface area contributed by atoms with E-state index in [1.54, 1.807) is 17.6 Å². The van der Waals surface area contributed by atoms with Crippen molar-refractivity contribution in [2.75, 3.05) is 0 Å². The summed E-state index contributed by atoms with van der Waals surface area (Å²) in [5, 5.41) is 12.3. The molecule has 116 valence electrons. The van der Waals surface area contributed by atoms with Gasteiger partial charge in [0.1, 0.15) is 28.6 Å². The van der Waals surface area contributed by atoms with Crippen LogP contribution in [0.4, 0.5) is 0 Å². The van der Waals surface area contributed by atoms with Crippen molar-refractivity contribution in [2.45, 2.75) is 13.3 Å². The summed E-state index contributed by atoms with van der Waals surface area (Å²) in [6, 6.07) is 14.4. The van der Waals surface area contributed by atoms with Gasteiger partial charge in [0, 0.05) is 17.9 Å². The molecule has 0 bridgehead atoms. The number of nitrogens with zero attached hydrogens (tertiary/aromatic N) is 3. The number of pyridine rings is 1. The van der Waals surface area contributed by atoms with Gasteiger partial charge in [0.05, 0.1) is 0 Å². The molecule has 0 aliphatic rings. The second kappa shape index (κ2) is 5.91. The van der Waals surface area contributed by atoms with Crippen LogP contribution in [0.15, 0.2) is 52.5 Å². The Labute approximate surface area is 143 Å². The minimum absolute atomic E-state index is 0.467. The molecule has 0 radical (unpaired) electrons. The van der Waals surface area contributed by atoms with Gasteiger partial charge in [-0.25, -0.2) is 9.97 Å². The van der Waals surface area contributed by atoms with E-state index in [0.29, 0.717) is 11.6 Å². The van der Waals surface area contributed by atoms with E-state index in [9.17, 15) is 0 Å². The van der Waals surface area contributed by atoms with Gasteiger partial charge in [-0.2, -0.15) is 5.26 Å². The number of benzene rings is 1. The molecular weight excluding hydrogens is 318 g/mol. The zero-order chi connectivity index (χ0) is 16.5. The maximum Gasteiger partial charge on any atom is 0.191 e. The zero-order valence-electron chi connectivity index (χ0n) is 13.0. The highest BCUT2D eigenvalue weighted by molar-refractivity contribution is 7.16. The van der Waals surface area contributed by atoms with Crippen LogP contribution in [0, 0.1) is 18.3 Å². The van der Waals surface area contributed by atoms with Gasteiger partial charge < -0.3 is 4.42 Å². The lowest BCUT2D eigenvalue weighted by molar-refractivity contribution is 0.521. The lowest BCUT2D eigenvalue weighted by Gasteiger charge is -2.05. The van der Waals surface area contributed by atoms with Crippen LogP contribution in [0.1, 0.15) is 22.7 Å². The van der Waals surface area contributed by atoms with Crippen molar-refractivity contribution in [2.24, 2.45) is 0 Å². The predicted octanol–water partition coefficient (Wildman–Crippen LogP) is 4.72. The molecule has 0 amide bonds. The number of oxazole rings is 1. The molecule has 4 aromatic rings. The number of hydrogen-bond acceptors (Lipinski definition) is 5. The van der Waals surface area contributed by atoms with Crippen LogP contribution in [0.3, 0.4) is 0 Å². The molecule has 0 unspecified atom stereocenters. The average Bonchev–Trinajstić information content (AvgIpc) is 3.24.